The Balaban J connectivity index is 2.07. The molecule has 2 rings (SSSR count). The minimum atomic E-state index is -1.28. The van der Waals surface area contributed by atoms with Gasteiger partial charge in [0.05, 0.1) is 11.7 Å². The van der Waals surface area contributed by atoms with Gasteiger partial charge >= 0.3 is 0 Å². The first-order valence-corrected chi connectivity index (χ1v) is 6.64. The van der Waals surface area contributed by atoms with Crippen LogP contribution in [0.25, 0.3) is 0 Å². The fourth-order valence-electron chi connectivity index (χ4n) is 1.78. The number of nitrogens with zero attached hydrogens (tertiary/aromatic N) is 3. The molecule has 0 amide bonds. The highest BCUT2D eigenvalue weighted by Gasteiger charge is 2.24. The van der Waals surface area contributed by atoms with Gasteiger partial charge in [-0.05, 0) is 13.8 Å². The topological polar surface area (TPSA) is 90.7 Å². The summed E-state index contributed by atoms with van der Waals surface area (Å²) in [6, 6.07) is 0.370. The maximum Gasteiger partial charge on any atom is 0.273 e. The Bertz CT molecular complexity index is 387. The van der Waals surface area contributed by atoms with E-state index in [0.717, 1.165) is 31.4 Å². The van der Waals surface area contributed by atoms with Crippen LogP contribution in [0.4, 0.5) is 5.82 Å². The molecule has 1 saturated heterocycles. The van der Waals surface area contributed by atoms with Gasteiger partial charge in [0.2, 0.25) is 12.1 Å². The largest absolute Gasteiger partial charge is 0.442 e. The van der Waals surface area contributed by atoms with Crippen LogP contribution in [0.3, 0.4) is 0 Å². The molecule has 3 N–H and O–H groups in total. The number of aliphatic hydroxyl groups is 2. The number of piperazine rings is 1. The summed E-state index contributed by atoms with van der Waals surface area (Å²) < 4.78 is 13.4. The third kappa shape index (κ3) is 3.08. The minimum absolute atomic E-state index is 0.280. The maximum atomic E-state index is 9.51. The average molecular weight is 274 g/mol. The maximum absolute atomic E-state index is 9.51. The molecule has 0 aromatic carbocycles. The Morgan fingerprint density at radius 3 is 2.94 bits per heavy atom. The molecule has 8 heteroatoms. The number of anilines is 1. The highest BCUT2D eigenvalue weighted by Crippen LogP contribution is 2.27. The summed E-state index contributed by atoms with van der Waals surface area (Å²) in [6.07, 6.45) is -2.26. The van der Waals surface area contributed by atoms with Crippen LogP contribution < -0.4 is 15.0 Å². The van der Waals surface area contributed by atoms with Crippen molar-refractivity contribution in [3.63, 3.8) is 0 Å². The molecular formula is C10H18N4O3S. The van der Waals surface area contributed by atoms with Crippen molar-refractivity contribution in [1.29, 1.82) is 0 Å². The molecule has 7 nitrogen and oxygen atoms in total. The van der Waals surface area contributed by atoms with Gasteiger partial charge < -0.3 is 25.2 Å². The van der Waals surface area contributed by atoms with E-state index in [4.69, 9.17) is 4.74 Å². The normalized spacial score (nSPS) is 23.8. The van der Waals surface area contributed by atoms with E-state index in [2.05, 4.69) is 25.9 Å². The molecule has 1 aliphatic rings. The van der Waals surface area contributed by atoms with Crippen molar-refractivity contribution in [2.45, 2.75) is 32.3 Å². The van der Waals surface area contributed by atoms with Gasteiger partial charge in [0.1, 0.15) is 6.10 Å². The molecule has 102 valence electrons. The van der Waals surface area contributed by atoms with Gasteiger partial charge in [-0.3, -0.25) is 0 Å². The second-order valence-corrected chi connectivity index (χ2v) is 4.97. The third-order valence-electron chi connectivity index (χ3n) is 2.76. The lowest BCUT2D eigenvalue weighted by Crippen LogP contribution is -2.49. The summed E-state index contributed by atoms with van der Waals surface area (Å²) in [4.78, 5) is 2.06. The molecule has 1 fully saturated rings. The Kier molecular flexibility index (Phi) is 4.33. The van der Waals surface area contributed by atoms with Crippen molar-refractivity contribution >= 4 is 17.5 Å². The second-order valence-electron chi connectivity index (χ2n) is 4.44. The molecule has 1 aromatic rings. The van der Waals surface area contributed by atoms with Gasteiger partial charge in [-0.15, -0.1) is 4.37 Å². The van der Waals surface area contributed by atoms with E-state index in [1.54, 1.807) is 0 Å². The van der Waals surface area contributed by atoms with E-state index in [1.807, 2.05) is 0 Å². The van der Waals surface area contributed by atoms with Crippen molar-refractivity contribution in [3.05, 3.63) is 0 Å². The first kappa shape index (κ1) is 13.5. The number of nitrogens with one attached hydrogen (secondary N) is 1. The highest BCUT2D eigenvalue weighted by atomic mass is 32.1. The van der Waals surface area contributed by atoms with Crippen LogP contribution in [-0.2, 0) is 0 Å². The van der Waals surface area contributed by atoms with Crippen molar-refractivity contribution in [3.8, 4) is 5.88 Å². The molecule has 1 aliphatic heterocycles. The Morgan fingerprint density at radius 2 is 2.28 bits per heavy atom. The van der Waals surface area contributed by atoms with Crippen LogP contribution >= 0.6 is 11.7 Å². The van der Waals surface area contributed by atoms with Crippen LogP contribution in [0, 0.1) is 0 Å². The van der Waals surface area contributed by atoms with Gasteiger partial charge in [-0.1, -0.05) is 0 Å². The summed E-state index contributed by atoms with van der Waals surface area (Å²) in [6.45, 7) is 6.05. The zero-order valence-corrected chi connectivity index (χ0v) is 11.2. The predicted octanol–water partition coefficient (Wildman–Crippen LogP) is -0.586. The molecule has 0 saturated carbocycles. The van der Waals surface area contributed by atoms with E-state index in [0.29, 0.717) is 11.9 Å². The number of rotatable bonds is 4. The lowest BCUT2D eigenvalue weighted by molar-refractivity contribution is -0.0973. The zero-order valence-electron chi connectivity index (χ0n) is 10.4. The molecule has 1 aromatic heterocycles. The first-order valence-electron chi connectivity index (χ1n) is 5.91. The lowest BCUT2D eigenvalue weighted by Gasteiger charge is -2.32. The van der Waals surface area contributed by atoms with Gasteiger partial charge in [-0.2, -0.15) is 4.37 Å². The van der Waals surface area contributed by atoms with E-state index in [1.165, 1.54) is 6.92 Å². The summed E-state index contributed by atoms with van der Waals surface area (Å²) in [5.41, 5.74) is 0. The van der Waals surface area contributed by atoms with Gasteiger partial charge in [0.25, 0.3) is 5.88 Å². The van der Waals surface area contributed by atoms with Crippen LogP contribution in [0.15, 0.2) is 0 Å². The Hall–Kier alpha value is -0.960. The fourth-order valence-corrected chi connectivity index (χ4v) is 2.29. The standard InChI is InChI=1S/C10H18N4O3S/c1-6-5-14(4-3-11-6)8-9(13-18-12-8)17-10(16)7(2)15/h6-7,10-11,15-16H,3-5H2,1-2H3. The van der Waals surface area contributed by atoms with Crippen molar-refractivity contribution in [2.75, 3.05) is 24.5 Å². The van der Waals surface area contributed by atoms with Crippen LogP contribution in [0.1, 0.15) is 13.8 Å². The second kappa shape index (κ2) is 5.79. The van der Waals surface area contributed by atoms with Gasteiger partial charge in [0, 0.05) is 25.7 Å². The van der Waals surface area contributed by atoms with E-state index in [9.17, 15) is 10.2 Å². The fraction of sp³-hybridized carbons (Fsp3) is 0.800. The highest BCUT2D eigenvalue weighted by molar-refractivity contribution is 6.99. The van der Waals surface area contributed by atoms with Gasteiger partial charge in [-0.25, -0.2) is 0 Å². The molecule has 0 spiro atoms. The monoisotopic (exact) mass is 274 g/mol. The van der Waals surface area contributed by atoms with Crippen LogP contribution in [-0.4, -0.2) is 57.0 Å². The Morgan fingerprint density at radius 1 is 1.50 bits per heavy atom. The molecule has 0 aliphatic carbocycles. The molecule has 3 unspecified atom stereocenters. The summed E-state index contributed by atoms with van der Waals surface area (Å²) in [5, 5.41) is 22.1. The van der Waals surface area contributed by atoms with E-state index in [-0.39, 0.29) is 5.88 Å². The van der Waals surface area contributed by atoms with Crippen molar-refractivity contribution in [1.82, 2.24) is 14.1 Å². The number of hydrogen-bond acceptors (Lipinski definition) is 8. The van der Waals surface area contributed by atoms with Crippen molar-refractivity contribution in [2.24, 2.45) is 0 Å². The third-order valence-corrected chi connectivity index (χ3v) is 3.26. The molecule has 0 radical (unpaired) electrons. The number of aromatic nitrogens is 2. The summed E-state index contributed by atoms with van der Waals surface area (Å²) >= 11 is 1.03. The van der Waals surface area contributed by atoms with Crippen LogP contribution in [0.5, 0.6) is 5.88 Å². The summed E-state index contributed by atoms with van der Waals surface area (Å²) in [5.74, 6) is 0.913. The molecule has 2 heterocycles. The molecule has 18 heavy (non-hydrogen) atoms. The molecule has 3 atom stereocenters. The quantitative estimate of drug-likeness (QED) is 0.632. The number of hydrogen-bond donors (Lipinski definition) is 3. The lowest BCUT2D eigenvalue weighted by atomic mass is 10.2. The first-order chi connectivity index (χ1) is 8.58. The number of aliphatic hydroxyl groups excluding tert-OH is 2. The van der Waals surface area contributed by atoms with Gasteiger partial charge in [0.15, 0.2) is 0 Å². The van der Waals surface area contributed by atoms with Crippen molar-refractivity contribution < 1.29 is 14.9 Å². The summed E-state index contributed by atoms with van der Waals surface area (Å²) in [7, 11) is 0. The number of ether oxygens (including phenoxy) is 1. The van der Waals surface area contributed by atoms with E-state index < -0.39 is 12.4 Å². The zero-order chi connectivity index (χ0) is 13.1. The minimum Gasteiger partial charge on any atom is -0.442 e. The SMILES string of the molecule is CC1CN(c2nsnc2OC(O)C(C)O)CCN1. The Labute approximate surface area is 110 Å². The average Bonchev–Trinajstić information content (AvgIpc) is 2.77. The smallest absolute Gasteiger partial charge is 0.273 e. The molecular weight excluding hydrogens is 256 g/mol. The van der Waals surface area contributed by atoms with Crippen LogP contribution in [0.2, 0.25) is 0 Å². The van der Waals surface area contributed by atoms with E-state index >= 15 is 0 Å². The predicted molar refractivity (Wildman–Crippen MR) is 67.9 cm³/mol. The molecule has 0 bridgehead atoms.